The minimum absolute atomic E-state index is 0.0470. The van der Waals surface area contributed by atoms with Gasteiger partial charge >= 0.3 is 5.97 Å². The Balaban J connectivity index is 1.82. The molecule has 0 aliphatic carbocycles. The minimum atomic E-state index is -0.478. The Morgan fingerprint density at radius 1 is 0.839 bits per heavy atom. The van der Waals surface area contributed by atoms with Crippen LogP contribution >= 0.6 is 0 Å². The third-order valence-electron chi connectivity index (χ3n) is 4.69. The molecule has 0 spiro atoms. The van der Waals surface area contributed by atoms with Crippen LogP contribution in [0.5, 0.6) is 5.75 Å². The van der Waals surface area contributed by atoms with Gasteiger partial charge < -0.3 is 14.6 Å². The van der Waals surface area contributed by atoms with Crippen LogP contribution in [0.2, 0.25) is 0 Å². The molecule has 0 unspecified atom stereocenters. The van der Waals surface area contributed by atoms with Gasteiger partial charge in [0.25, 0.3) is 0 Å². The lowest BCUT2D eigenvalue weighted by Gasteiger charge is -2.19. The van der Waals surface area contributed by atoms with Gasteiger partial charge in [-0.2, -0.15) is 0 Å². The standard InChI is InChI=1S/C26H34O5/c1-26(2,3)31-24(28)17-10-20-8-11-21(12-9-20)25(29)22-13-15-23(16-14-22)30-19-7-5-4-6-18-27/h8-9,11-16,27H,4-7,10,17-19H2,1-3H3. The Labute approximate surface area is 185 Å². The number of ketones is 1. The lowest BCUT2D eigenvalue weighted by molar-refractivity contribution is -0.154. The Kier molecular flexibility index (Phi) is 9.73. The van der Waals surface area contributed by atoms with E-state index in [1.165, 1.54) is 0 Å². The van der Waals surface area contributed by atoms with E-state index in [4.69, 9.17) is 14.6 Å². The molecule has 0 amide bonds. The molecular weight excluding hydrogens is 392 g/mol. The molecule has 2 aromatic carbocycles. The van der Waals surface area contributed by atoms with Crippen molar-refractivity contribution in [3.63, 3.8) is 0 Å². The van der Waals surface area contributed by atoms with E-state index in [0.29, 0.717) is 30.6 Å². The fourth-order valence-electron chi connectivity index (χ4n) is 3.09. The summed E-state index contributed by atoms with van der Waals surface area (Å²) in [7, 11) is 0. The molecule has 0 radical (unpaired) electrons. The number of aliphatic hydroxyl groups is 1. The van der Waals surface area contributed by atoms with E-state index >= 15 is 0 Å². The molecule has 31 heavy (non-hydrogen) atoms. The summed E-state index contributed by atoms with van der Waals surface area (Å²) in [6.45, 7) is 6.43. The molecular formula is C26H34O5. The van der Waals surface area contributed by atoms with Gasteiger partial charge in [-0.25, -0.2) is 0 Å². The van der Waals surface area contributed by atoms with Crippen LogP contribution in [-0.4, -0.2) is 35.7 Å². The van der Waals surface area contributed by atoms with Crippen molar-refractivity contribution in [3.05, 3.63) is 65.2 Å². The number of ether oxygens (including phenoxy) is 2. The van der Waals surface area contributed by atoms with Crippen molar-refractivity contribution in [1.82, 2.24) is 0 Å². The van der Waals surface area contributed by atoms with Gasteiger partial charge in [0.05, 0.1) is 6.61 Å². The fourth-order valence-corrected chi connectivity index (χ4v) is 3.09. The highest BCUT2D eigenvalue weighted by atomic mass is 16.6. The number of unbranched alkanes of at least 4 members (excludes halogenated alkanes) is 3. The maximum Gasteiger partial charge on any atom is 0.306 e. The predicted molar refractivity (Wildman–Crippen MR) is 122 cm³/mol. The topological polar surface area (TPSA) is 72.8 Å². The van der Waals surface area contributed by atoms with Gasteiger partial charge in [-0.15, -0.1) is 0 Å². The molecule has 0 aliphatic heterocycles. The molecule has 0 heterocycles. The zero-order chi connectivity index (χ0) is 22.7. The van der Waals surface area contributed by atoms with Gasteiger partial charge in [-0.3, -0.25) is 9.59 Å². The smallest absolute Gasteiger partial charge is 0.306 e. The van der Waals surface area contributed by atoms with Crippen molar-refractivity contribution in [2.75, 3.05) is 13.2 Å². The summed E-state index contributed by atoms with van der Waals surface area (Å²) in [5.74, 6) is 0.477. The molecule has 0 aromatic heterocycles. The minimum Gasteiger partial charge on any atom is -0.494 e. The SMILES string of the molecule is CC(C)(C)OC(=O)CCc1ccc(C(=O)c2ccc(OCCCCCCO)cc2)cc1. The summed E-state index contributed by atoms with van der Waals surface area (Å²) in [5.41, 5.74) is 1.73. The molecule has 0 atom stereocenters. The Morgan fingerprint density at radius 3 is 2.00 bits per heavy atom. The van der Waals surface area contributed by atoms with Crippen molar-refractivity contribution in [3.8, 4) is 5.75 Å². The van der Waals surface area contributed by atoms with Gasteiger partial charge in [0.15, 0.2) is 5.78 Å². The number of carbonyl (C=O) groups is 2. The highest BCUT2D eigenvalue weighted by Crippen LogP contribution is 2.17. The second kappa shape index (κ2) is 12.3. The fraction of sp³-hybridized carbons (Fsp3) is 0.462. The second-order valence-electron chi connectivity index (χ2n) is 8.62. The summed E-state index contributed by atoms with van der Waals surface area (Å²) in [6, 6.07) is 14.5. The van der Waals surface area contributed by atoms with Crippen LogP contribution in [0.15, 0.2) is 48.5 Å². The van der Waals surface area contributed by atoms with Crippen LogP contribution < -0.4 is 4.74 Å². The van der Waals surface area contributed by atoms with E-state index in [1.54, 1.807) is 24.3 Å². The van der Waals surface area contributed by atoms with Crippen LogP contribution in [0.25, 0.3) is 0 Å². The van der Waals surface area contributed by atoms with Crippen molar-refractivity contribution in [2.24, 2.45) is 0 Å². The molecule has 1 N–H and O–H groups in total. The lowest BCUT2D eigenvalue weighted by Crippen LogP contribution is -2.24. The number of aryl methyl sites for hydroxylation is 1. The van der Waals surface area contributed by atoms with E-state index in [2.05, 4.69) is 0 Å². The summed E-state index contributed by atoms with van der Waals surface area (Å²) in [4.78, 5) is 24.6. The molecule has 2 rings (SSSR count). The largest absolute Gasteiger partial charge is 0.494 e. The number of aliphatic hydroxyl groups excluding tert-OH is 1. The van der Waals surface area contributed by atoms with E-state index in [0.717, 1.165) is 37.0 Å². The number of benzene rings is 2. The second-order valence-corrected chi connectivity index (χ2v) is 8.62. The molecule has 0 fully saturated rings. The van der Waals surface area contributed by atoms with Gasteiger partial charge in [0.2, 0.25) is 0 Å². The predicted octanol–water partition coefficient (Wildman–Crippen LogP) is 5.12. The summed E-state index contributed by atoms with van der Waals surface area (Å²) in [6.07, 6.45) is 4.71. The van der Waals surface area contributed by atoms with Gasteiger partial charge in [-0.1, -0.05) is 30.7 Å². The third kappa shape index (κ3) is 9.35. The van der Waals surface area contributed by atoms with Crippen molar-refractivity contribution < 1.29 is 24.2 Å². The molecule has 0 saturated carbocycles. The first-order valence-corrected chi connectivity index (χ1v) is 11.0. The zero-order valence-electron chi connectivity index (χ0n) is 18.9. The van der Waals surface area contributed by atoms with Crippen molar-refractivity contribution >= 4 is 11.8 Å². The third-order valence-corrected chi connectivity index (χ3v) is 4.69. The van der Waals surface area contributed by atoms with E-state index in [-0.39, 0.29) is 18.4 Å². The maximum absolute atomic E-state index is 12.7. The number of hydrogen-bond acceptors (Lipinski definition) is 5. The molecule has 0 saturated heterocycles. The van der Waals surface area contributed by atoms with Crippen molar-refractivity contribution in [1.29, 1.82) is 0 Å². The first-order valence-electron chi connectivity index (χ1n) is 11.0. The normalized spacial score (nSPS) is 11.2. The van der Waals surface area contributed by atoms with E-state index in [9.17, 15) is 9.59 Å². The number of esters is 1. The summed E-state index contributed by atoms with van der Waals surface area (Å²) in [5, 5.41) is 8.77. The van der Waals surface area contributed by atoms with Crippen LogP contribution in [0.4, 0.5) is 0 Å². The average molecular weight is 427 g/mol. The monoisotopic (exact) mass is 426 g/mol. The highest BCUT2D eigenvalue weighted by Gasteiger charge is 2.16. The van der Waals surface area contributed by atoms with E-state index < -0.39 is 5.60 Å². The Hall–Kier alpha value is -2.66. The summed E-state index contributed by atoms with van der Waals surface area (Å²) < 4.78 is 11.0. The Morgan fingerprint density at radius 2 is 1.42 bits per heavy atom. The highest BCUT2D eigenvalue weighted by molar-refractivity contribution is 6.09. The molecule has 5 nitrogen and oxygen atoms in total. The zero-order valence-corrected chi connectivity index (χ0v) is 18.9. The lowest BCUT2D eigenvalue weighted by atomic mass is 10.0. The van der Waals surface area contributed by atoms with Gasteiger partial charge in [-0.05, 0) is 76.3 Å². The van der Waals surface area contributed by atoms with Crippen LogP contribution in [0, 0.1) is 0 Å². The van der Waals surface area contributed by atoms with Gasteiger partial charge in [0, 0.05) is 24.2 Å². The van der Waals surface area contributed by atoms with Crippen molar-refractivity contribution in [2.45, 2.75) is 64.9 Å². The molecule has 2 aromatic rings. The maximum atomic E-state index is 12.7. The first-order chi connectivity index (χ1) is 14.8. The van der Waals surface area contributed by atoms with E-state index in [1.807, 2.05) is 45.0 Å². The molecule has 0 aliphatic rings. The summed E-state index contributed by atoms with van der Waals surface area (Å²) >= 11 is 0. The van der Waals surface area contributed by atoms with Gasteiger partial charge in [0.1, 0.15) is 11.4 Å². The number of carbonyl (C=O) groups excluding carboxylic acids is 2. The molecule has 168 valence electrons. The van der Waals surface area contributed by atoms with Crippen LogP contribution in [0.1, 0.15) is 74.4 Å². The average Bonchev–Trinajstić information content (AvgIpc) is 2.74. The molecule has 5 heteroatoms. The number of hydrogen-bond donors (Lipinski definition) is 1. The number of rotatable bonds is 12. The first kappa shape index (κ1) is 24.6. The quantitative estimate of drug-likeness (QED) is 0.290. The van der Waals surface area contributed by atoms with Crippen LogP contribution in [0.3, 0.4) is 0 Å². The molecule has 0 bridgehead atoms. The Bertz CT molecular complexity index is 816. The van der Waals surface area contributed by atoms with Crippen LogP contribution in [-0.2, 0) is 16.0 Å².